The lowest BCUT2D eigenvalue weighted by molar-refractivity contribution is -0.310. The first-order valence-electron chi connectivity index (χ1n) is 15.1. The van der Waals surface area contributed by atoms with Gasteiger partial charge in [0.1, 0.15) is 0 Å². The summed E-state index contributed by atoms with van der Waals surface area (Å²) in [6, 6.07) is 15.7. The summed E-state index contributed by atoms with van der Waals surface area (Å²) in [6.45, 7) is 10.3. The van der Waals surface area contributed by atoms with E-state index in [0.29, 0.717) is 5.69 Å². The normalized spacial score (nSPS) is 21.7. The molecule has 244 valence electrons. The second kappa shape index (κ2) is 16.7. The second-order valence-electron chi connectivity index (χ2n) is 10.9. The maximum absolute atomic E-state index is 13.1. The molecule has 0 spiro atoms. The Bertz CT molecular complexity index is 1310. The molecule has 2 amide bonds. The summed E-state index contributed by atoms with van der Waals surface area (Å²) >= 11 is 0. The molecule has 0 saturated carbocycles. The van der Waals surface area contributed by atoms with E-state index >= 15 is 0 Å². The monoisotopic (exact) mass is 626 g/mol. The first-order valence-corrected chi connectivity index (χ1v) is 15.1. The highest BCUT2D eigenvalue weighted by atomic mass is 16.8. The molecule has 3 rings (SSSR count). The third-order valence-corrected chi connectivity index (χ3v) is 7.19. The highest BCUT2D eigenvalue weighted by Crippen LogP contribution is 2.30. The Balaban J connectivity index is 1.72. The van der Waals surface area contributed by atoms with E-state index in [1.807, 2.05) is 44.2 Å². The lowest BCUT2D eigenvalue weighted by Crippen LogP contribution is -2.62. The van der Waals surface area contributed by atoms with Crippen LogP contribution in [0.3, 0.4) is 0 Å². The molecule has 1 unspecified atom stereocenters. The SMILES string of the molecule is CCC(=O)O[C@H]1[C@H](OC(=O)CC)[C@H](ONC(=O)c2ccc(NC(=O)C(c3ccccc3)C(C)C)cc2)O[C@@H](C)[C@H]1OC(=O)CC. The fraction of sp³-hybridized carbons (Fsp3) is 0.485. The lowest BCUT2D eigenvalue weighted by Gasteiger charge is -2.43. The van der Waals surface area contributed by atoms with E-state index in [-0.39, 0.29) is 42.6 Å². The van der Waals surface area contributed by atoms with Crippen molar-refractivity contribution in [1.82, 2.24) is 5.48 Å². The fourth-order valence-corrected chi connectivity index (χ4v) is 4.79. The second-order valence-corrected chi connectivity index (χ2v) is 10.9. The van der Waals surface area contributed by atoms with Crippen LogP contribution in [0.2, 0.25) is 0 Å². The first kappa shape index (κ1) is 35.2. The Morgan fingerprint density at radius 2 is 1.29 bits per heavy atom. The molecule has 6 atom stereocenters. The number of anilines is 1. The maximum Gasteiger partial charge on any atom is 0.306 e. The van der Waals surface area contributed by atoms with E-state index < -0.39 is 54.5 Å². The van der Waals surface area contributed by atoms with Gasteiger partial charge >= 0.3 is 17.9 Å². The van der Waals surface area contributed by atoms with Crippen LogP contribution in [0.5, 0.6) is 0 Å². The third kappa shape index (κ3) is 9.60. The number of carbonyl (C=O) groups is 5. The van der Waals surface area contributed by atoms with Crippen molar-refractivity contribution in [3.63, 3.8) is 0 Å². The van der Waals surface area contributed by atoms with Gasteiger partial charge in [-0.25, -0.2) is 10.3 Å². The van der Waals surface area contributed by atoms with Crippen molar-refractivity contribution in [1.29, 1.82) is 0 Å². The van der Waals surface area contributed by atoms with Crippen molar-refractivity contribution in [3.8, 4) is 0 Å². The molecule has 12 heteroatoms. The number of amides is 2. The maximum atomic E-state index is 13.1. The van der Waals surface area contributed by atoms with E-state index in [4.69, 9.17) is 23.8 Å². The molecular formula is C33H42N2O10. The molecule has 45 heavy (non-hydrogen) atoms. The lowest BCUT2D eigenvalue weighted by atomic mass is 9.87. The van der Waals surface area contributed by atoms with Gasteiger partial charge in [-0.05, 0) is 42.7 Å². The van der Waals surface area contributed by atoms with Gasteiger partial charge < -0.3 is 24.3 Å². The number of rotatable bonds is 13. The minimum absolute atomic E-state index is 0.00879. The summed E-state index contributed by atoms with van der Waals surface area (Å²) in [7, 11) is 0. The number of benzene rings is 2. The summed E-state index contributed by atoms with van der Waals surface area (Å²) in [4.78, 5) is 68.4. The zero-order valence-electron chi connectivity index (χ0n) is 26.4. The van der Waals surface area contributed by atoms with Crippen LogP contribution in [0.4, 0.5) is 5.69 Å². The van der Waals surface area contributed by atoms with Crippen molar-refractivity contribution in [3.05, 3.63) is 65.7 Å². The number of nitrogens with one attached hydrogen (secondary N) is 2. The summed E-state index contributed by atoms with van der Waals surface area (Å²) in [5.41, 5.74) is 3.90. The van der Waals surface area contributed by atoms with Crippen molar-refractivity contribution in [2.45, 2.75) is 97.4 Å². The van der Waals surface area contributed by atoms with E-state index in [1.54, 1.807) is 39.8 Å². The van der Waals surface area contributed by atoms with Gasteiger partial charge in [-0.1, -0.05) is 65.0 Å². The van der Waals surface area contributed by atoms with Gasteiger partial charge in [-0.2, -0.15) is 0 Å². The zero-order valence-corrected chi connectivity index (χ0v) is 26.4. The first-order chi connectivity index (χ1) is 21.5. The van der Waals surface area contributed by atoms with Crippen molar-refractivity contribution in [2.75, 3.05) is 5.32 Å². The molecule has 0 bridgehead atoms. The largest absolute Gasteiger partial charge is 0.455 e. The predicted molar refractivity (Wildman–Crippen MR) is 162 cm³/mol. The number of ether oxygens (including phenoxy) is 4. The van der Waals surface area contributed by atoms with Gasteiger partial charge in [-0.15, -0.1) is 0 Å². The van der Waals surface area contributed by atoms with Crippen LogP contribution >= 0.6 is 0 Å². The van der Waals surface area contributed by atoms with E-state index in [9.17, 15) is 24.0 Å². The number of hydrogen-bond donors (Lipinski definition) is 2. The average Bonchev–Trinajstić information content (AvgIpc) is 3.03. The van der Waals surface area contributed by atoms with Crippen molar-refractivity contribution < 1.29 is 47.8 Å². The summed E-state index contributed by atoms with van der Waals surface area (Å²) in [6.07, 6.45) is -5.93. The molecule has 0 aliphatic carbocycles. The Morgan fingerprint density at radius 3 is 1.82 bits per heavy atom. The van der Waals surface area contributed by atoms with Crippen LogP contribution in [0, 0.1) is 5.92 Å². The van der Waals surface area contributed by atoms with Crippen LogP contribution in [0.25, 0.3) is 0 Å². The van der Waals surface area contributed by atoms with Gasteiger partial charge in [0.25, 0.3) is 5.91 Å². The molecule has 2 N–H and O–H groups in total. The molecule has 2 aromatic carbocycles. The van der Waals surface area contributed by atoms with Gasteiger partial charge in [0.05, 0.1) is 12.0 Å². The van der Waals surface area contributed by atoms with E-state index in [1.165, 1.54) is 12.1 Å². The topological polar surface area (TPSA) is 156 Å². The standard InChI is InChI=1S/C33H42N2O10/c1-7-24(36)42-28-20(6)41-33(30(44-26(38)9-3)29(28)43-25(37)8-2)45-35-31(39)22-15-17-23(18-16-22)34-32(40)27(19(4)5)21-13-11-10-12-14-21/h10-20,27-30,33H,7-9H2,1-6H3,(H,34,40)(H,35,39)/t20-,27?,28+,29+,30-,33-/m0/s1. The molecule has 1 heterocycles. The number of hydroxylamine groups is 1. The highest BCUT2D eigenvalue weighted by Gasteiger charge is 2.51. The highest BCUT2D eigenvalue weighted by molar-refractivity contribution is 5.97. The van der Waals surface area contributed by atoms with Gasteiger partial charge in [0.15, 0.2) is 18.3 Å². The molecule has 1 aliphatic heterocycles. The van der Waals surface area contributed by atoms with Gasteiger partial charge in [0, 0.05) is 30.5 Å². The fourth-order valence-electron chi connectivity index (χ4n) is 4.79. The van der Waals surface area contributed by atoms with Gasteiger partial charge in [-0.3, -0.25) is 24.0 Å². The van der Waals surface area contributed by atoms with Crippen LogP contribution in [0.15, 0.2) is 54.6 Å². The Kier molecular flexibility index (Phi) is 13.1. The number of hydrogen-bond acceptors (Lipinski definition) is 10. The Hall–Kier alpha value is -4.29. The molecule has 2 aromatic rings. The zero-order chi connectivity index (χ0) is 33.1. The molecule has 12 nitrogen and oxygen atoms in total. The Morgan fingerprint density at radius 1 is 0.756 bits per heavy atom. The molecule has 1 fully saturated rings. The van der Waals surface area contributed by atoms with Crippen molar-refractivity contribution in [2.24, 2.45) is 5.92 Å². The quantitative estimate of drug-likeness (QED) is 0.185. The summed E-state index contributed by atoms with van der Waals surface area (Å²) in [5, 5.41) is 2.91. The van der Waals surface area contributed by atoms with Crippen LogP contribution in [-0.4, -0.2) is 60.4 Å². The Labute approximate surface area is 263 Å². The van der Waals surface area contributed by atoms with Gasteiger partial charge in [0.2, 0.25) is 12.2 Å². The molecule has 1 aliphatic rings. The van der Waals surface area contributed by atoms with E-state index in [2.05, 4.69) is 10.8 Å². The minimum Gasteiger partial charge on any atom is -0.455 e. The molecule has 1 saturated heterocycles. The number of carbonyl (C=O) groups excluding carboxylic acids is 5. The van der Waals surface area contributed by atoms with Crippen LogP contribution in [0.1, 0.15) is 82.6 Å². The predicted octanol–water partition coefficient (Wildman–Crippen LogP) is 4.44. The average molecular weight is 627 g/mol. The number of esters is 3. The molecular weight excluding hydrogens is 584 g/mol. The summed E-state index contributed by atoms with van der Waals surface area (Å²) < 4.78 is 22.4. The smallest absolute Gasteiger partial charge is 0.306 e. The minimum atomic E-state index is -1.41. The molecule has 0 aromatic heterocycles. The summed E-state index contributed by atoms with van der Waals surface area (Å²) in [5.74, 6) is -2.98. The van der Waals surface area contributed by atoms with Crippen LogP contribution in [-0.2, 0) is 43.0 Å². The van der Waals surface area contributed by atoms with Crippen LogP contribution < -0.4 is 10.8 Å². The van der Waals surface area contributed by atoms with E-state index in [0.717, 1.165) is 5.56 Å². The van der Waals surface area contributed by atoms with Crippen molar-refractivity contribution >= 4 is 35.4 Å². The third-order valence-electron chi connectivity index (χ3n) is 7.19. The molecule has 0 radical (unpaired) electrons.